The van der Waals surface area contributed by atoms with Gasteiger partial charge in [-0.1, -0.05) is 60.1 Å². The van der Waals surface area contributed by atoms with Crippen LogP contribution < -0.4 is 0 Å². The van der Waals surface area contributed by atoms with Crippen LogP contribution in [0.3, 0.4) is 0 Å². The molecule has 38 heavy (non-hydrogen) atoms. The van der Waals surface area contributed by atoms with Crippen molar-refractivity contribution in [3.05, 3.63) is 144 Å². The van der Waals surface area contributed by atoms with Gasteiger partial charge in [-0.05, 0) is 71.4 Å². The SMILES string of the molecule is C(#Cc1cccc2c(C#Cc3ccc(-c4ccccn4)nc3)cccc12)c1ccc(-c2ccccn2)nc1. The largest absolute Gasteiger partial charge is 0.255 e. The van der Waals surface area contributed by atoms with Crippen LogP contribution in [0.5, 0.6) is 0 Å². The van der Waals surface area contributed by atoms with Gasteiger partial charge in [-0.3, -0.25) is 19.9 Å². The molecule has 6 rings (SSSR count). The summed E-state index contributed by atoms with van der Waals surface area (Å²) >= 11 is 0. The summed E-state index contributed by atoms with van der Waals surface area (Å²) in [4.78, 5) is 17.7. The van der Waals surface area contributed by atoms with E-state index in [1.165, 1.54) is 0 Å². The van der Waals surface area contributed by atoms with E-state index in [1.807, 2.05) is 84.9 Å². The first kappa shape index (κ1) is 22.9. The molecule has 0 unspecified atom stereocenters. The maximum absolute atomic E-state index is 4.52. The van der Waals surface area contributed by atoms with Gasteiger partial charge in [-0.15, -0.1) is 0 Å². The number of hydrogen-bond donors (Lipinski definition) is 0. The molecule has 0 spiro atoms. The maximum atomic E-state index is 4.52. The van der Waals surface area contributed by atoms with Gasteiger partial charge in [0, 0.05) is 47.0 Å². The van der Waals surface area contributed by atoms with Gasteiger partial charge in [0.1, 0.15) is 0 Å². The van der Waals surface area contributed by atoms with E-state index in [2.05, 4.69) is 55.8 Å². The predicted molar refractivity (Wildman–Crippen MR) is 151 cm³/mol. The second-order valence-corrected chi connectivity index (χ2v) is 8.50. The summed E-state index contributed by atoms with van der Waals surface area (Å²) in [6, 6.07) is 31.7. The van der Waals surface area contributed by atoms with E-state index in [9.17, 15) is 0 Å². The molecule has 0 aliphatic heterocycles. The zero-order valence-corrected chi connectivity index (χ0v) is 20.3. The van der Waals surface area contributed by atoms with Crippen LogP contribution in [0.15, 0.2) is 122 Å². The van der Waals surface area contributed by atoms with E-state index in [4.69, 9.17) is 0 Å². The van der Waals surface area contributed by atoms with Crippen LogP contribution in [-0.2, 0) is 0 Å². The number of benzene rings is 2. The molecule has 0 bridgehead atoms. The first-order valence-corrected chi connectivity index (χ1v) is 12.1. The van der Waals surface area contributed by atoms with Gasteiger partial charge in [0.2, 0.25) is 0 Å². The Balaban J connectivity index is 1.26. The fraction of sp³-hybridized carbons (Fsp3) is 0. The second-order valence-electron chi connectivity index (χ2n) is 8.50. The van der Waals surface area contributed by atoms with Gasteiger partial charge in [0.05, 0.1) is 22.8 Å². The van der Waals surface area contributed by atoms with Crippen molar-refractivity contribution in [1.82, 2.24) is 19.9 Å². The van der Waals surface area contributed by atoms with Gasteiger partial charge in [0.15, 0.2) is 0 Å². The van der Waals surface area contributed by atoms with Crippen LogP contribution in [0.25, 0.3) is 33.5 Å². The molecule has 0 aliphatic carbocycles. The molecule has 4 nitrogen and oxygen atoms in total. The summed E-state index contributed by atoms with van der Waals surface area (Å²) in [5.74, 6) is 13.1. The van der Waals surface area contributed by atoms with Crippen molar-refractivity contribution in [3.63, 3.8) is 0 Å². The van der Waals surface area contributed by atoms with Crippen molar-refractivity contribution in [3.8, 4) is 46.5 Å². The quantitative estimate of drug-likeness (QED) is 0.262. The lowest BCUT2D eigenvalue weighted by Gasteiger charge is -2.03. The zero-order valence-electron chi connectivity index (χ0n) is 20.3. The smallest absolute Gasteiger partial charge is 0.0887 e. The minimum absolute atomic E-state index is 0.825. The van der Waals surface area contributed by atoms with Crippen molar-refractivity contribution in [2.45, 2.75) is 0 Å². The maximum Gasteiger partial charge on any atom is 0.0887 e. The molecule has 0 N–H and O–H groups in total. The molecule has 4 aromatic heterocycles. The normalized spacial score (nSPS) is 10.2. The van der Waals surface area contributed by atoms with Crippen LogP contribution in [0.1, 0.15) is 22.3 Å². The Morgan fingerprint density at radius 2 is 0.842 bits per heavy atom. The molecular weight excluding hydrogens is 464 g/mol. The topological polar surface area (TPSA) is 51.6 Å². The minimum Gasteiger partial charge on any atom is -0.255 e. The average Bonchev–Trinajstić information content (AvgIpc) is 3.00. The lowest BCUT2D eigenvalue weighted by Crippen LogP contribution is -1.88. The molecular formula is C34H20N4. The Bertz CT molecular complexity index is 1700. The molecule has 0 amide bonds. The lowest BCUT2D eigenvalue weighted by atomic mass is 10.00. The van der Waals surface area contributed by atoms with Crippen LogP contribution in [0, 0.1) is 23.7 Å². The van der Waals surface area contributed by atoms with E-state index in [1.54, 1.807) is 24.8 Å². The third kappa shape index (κ3) is 5.02. The first-order valence-electron chi connectivity index (χ1n) is 12.1. The van der Waals surface area contributed by atoms with Gasteiger partial charge >= 0.3 is 0 Å². The Morgan fingerprint density at radius 3 is 1.24 bits per heavy atom. The first-order chi connectivity index (χ1) is 18.8. The Hall–Kier alpha value is -5.58. The Labute approximate surface area is 221 Å². The van der Waals surface area contributed by atoms with Crippen molar-refractivity contribution < 1.29 is 0 Å². The van der Waals surface area contributed by atoms with E-state index in [0.29, 0.717) is 0 Å². The van der Waals surface area contributed by atoms with Crippen molar-refractivity contribution in [2.24, 2.45) is 0 Å². The highest BCUT2D eigenvalue weighted by Gasteiger charge is 2.03. The second kappa shape index (κ2) is 10.6. The molecule has 6 aromatic rings. The Kier molecular flexibility index (Phi) is 6.36. The summed E-state index contributed by atoms with van der Waals surface area (Å²) in [5, 5.41) is 2.13. The molecule has 2 aromatic carbocycles. The average molecular weight is 485 g/mol. The standard InChI is InChI=1S/C34H20N4/c1-3-21-35-31(11-1)33-19-15-25(23-37-33)13-17-27-7-5-10-30-28(8-6-9-29(27)30)18-14-26-16-20-34(38-24-26)32-12-2-4-22-36-32/h1-12,15-16,19-24H. The van der Waals surface area contributed by atoms with Crippen molar-refractivity contribution in [2.75, 3.05) is 0 Å². The summed E-state index contributed by atoms with van der Waals surface area (Å²) in [6.07, 6.45) is 7.10. The molecule has 0 atom stereocenters. The highest BCUT2D eigenvalue weighted by atomic mass is 14.8. The van der Waals surface area contributed by atoms with E-state index in [-0.39, 0.29) is 0 Å². The van der Waals surface area contributed by atoms with Crippen molar-refractivity contribution >= 4 is 10.8 Å². The zero-order chi connectivity index (χ0) is 25.6. The highest BCUT2D eigenvalue weighted by molar-refractivity contribution is 5.92. The number of hydrogen-bond acceptors (Lipinski definition) is 4. The van der Waals surface area contributed by atoms with E-state index in [0.717, 1.165) is 55.8 Å². The summed E-state index contributed by atoms with van der Waals surface area (Å²) in [5.41, 5.74) is 6.92. The minimum atomic E-state index is 0.825. The number of fused-ring (bicyclic) bond motifs is 1. The lowest BCUT2D eigenvalue weighted by molar-refractivity contribution is 1.24. The Morgan fingerprint density at radius 1 is 0.368 bits per heavy atom. The van der Waals surface area contributed by atoms with Crippen LogP contribution in [0.4, 0.5) is 0 Å². The summed E-state index contributed by atoms with van der Waals surface area (Å²) in [7, 11) is 0. The number of rotatable bonds is 2. The number of pyridine rings is 4. The van der Waals surface area contributed by atoms with Gasteiger partial charge < -0.3 is 0 Å². The third-order valence-corrected chi connectivity index (χ3v) is 5.99. The predicted octanol–water partition coefficient (Wildman–Crippen LogP) is 6.55. The van der Waals surface area contributed by atoms with Crippen LogP contribution in [0.2, 0.25) is 0 Å². The summed E-state index contributed by atoms with van der Waals surface area (Å²) in [6.45, 7) is 0. The van der Waals surface area contributed by atoms with Crippen molar-refractivity contribution in [1.29, 1.82) is 0 Å². The number of nitrogens with zero attached hydrogens (tertiary/aromatic N) is 4. The molecule has 0 saturated heterocycles. The monoisotopic (exact) mass is 484 g/mol. The molecule has 0 radical (unpaired) electrons. The van der Waals surface area contributed by atoms with Crippen LogP contribution >= 0.6 is 0 Å². The fourth-order valence-electron chi connectivity index (χ4n) is 4.07. The summed E-state index contributed by atoms with van der Waals surface area (Å²) < 4.78 is 0. The third-order valence-electron chi connectivity index (χ3n) is 5.99. The number of aromatic nitrogens is 4. The molecule has 0 aliphatic rings. The molecule has 4 heterocycles. The van der Waals surface area contributed by atoms with E-state index >= 15 is 0 Å². The highest BCUT2D eigenvalue weighted by Crippen LogP contribution is 2.22. The van der Waals surface area contributed by atoms with Gasteiger partial charge in [-0.25, -0.2) is 0 Å². The van der Waals surface area contributed by atoms with Gasteiger partial charge in [0.25, 0.3) is 0 Å². The molecule has 0 fully saturated rings. The molecule has 4 heteroatoms. The van der Waals surface area contributed by atoms with Gasteiger partial charge in [-0.2, -0.15) is 0 Å². The fourth-order valence-corrected chi connectivity index (χ4v) is 4.07. The molecule has 0 saturated carbocycles. The molecule has 176 valence electrons. The van der Waals surface area contributed by atoms with Crippen LogP contribution in [-0.4, -0.2) is 19.9 Å². The van der Waals surface area contributed by atoms with E-state index < -0.39 is 0 Å².